The fourth-order valence-electron chi connectivity index (χ4n) is 4.89. The Morgan fingerprint density at radius 2 is 1.92 bits per heavy atom. The maximum Gasteiger partial charge on any atom is 0.411 e. The first-order valence-corrected chi connectivity index (χ1v) is 12.4. The van der Waals surface area contributed by atoms with Crippen LogP contribution < -0.4 is 5.73 Å². The third-order valence-electron chi connectivity index (χ3n) is 6.79. The van der Waals surface area contributed by atoms with E-state index >= 15 is 0 Å². The fourth-order valence-corrected chi connectivity index (χ4v) is 4.89. The number of carbonyl (C=O) groups is 3. The second-order valence-electron chi connectivity index (χ2n) is 9.38. The summed E-state index contributed by atoms with van der Waals surface area (Å²) in [4.78, 5) is 44.4. The Morgan fingerprint density at radius 1 is 1.14 bits per heavy atom. The van der Waals surface area contributed by atoms with Crippen LogP contribution in [0.2, 0.25) is 0 Å². The van der Waals surface area contributed by atoms with E-state index in [4.69, 9.17) is 10.5 Å². The highest BCUT2D eigenvalue weighted by Crippen LogP contribution is 2.29. The fraction of sp³-hybridized carbons (Fsp3) is 0.444. The first kappa shape index (κ1) is 25.6. The lowest BCUT2D eigenvalue weighted by atomic mass is 9.98. The van der Waals surface area contributed by atoms with Crippen molar-refractivity contribution in [1.29, 1.82) is 0 Å². The van der Waals surface area contributed by atoms with Crippen molar-refractivity contribution < 1.29 is 23.5 Å². The van der Waals surface area contributed by atoms with Crippen molar-refractivity contribution in [2.75, 3.05) is 19.6 Å². The number of nitrogens with two attached hydrogens (primary N) is 1. The summed E-state index contributed by atoms with van der Waals surface area (Å²) < 4.78 is 19.7. The lowest BCUT2D eigenvalue weighted by Gasteiger charge is -2.52. The standard InChI is InChI=1S/C27H33FN4O4/c1-19-10-11-21(22(28)15-19)18-36-27(35)31-14-12-25(33)32-23(9-5-6-13-29)26(34)30(17-24(31)32)16-20-7-3-2-4-8-20/h2-4,7-8,10-11,15,23-24H,5-6,9,12-14,16-18,29H2,1H3/t23-,24+/m0/s1. The average molecular weight is 497 g/mol. The average Bonchev–Trinajstić information content (AvgIpc) is 2.86. The first-order valence-electron chi connectivity index (χ1n) is 12.4. The van der Waals surface area contributed by atoms with Gasteiger partial charge in [-0.25, -0.2) is 9.18 Å². The minimum atomic E-state index is -0.670. The van der Waals surface area contributed by atoms with Crippen molar-refractivity contribution in [3.8, 4) is 0 Å². The van der Waals surface area contributed by atoms with Gasteiger partial charge in [0, 0.05) is 25.1 Å². The molecule has 2 aliphatic heterocycles. The Balaban J connectivity index is 1.55. The smallest absolute Gasteiger partial charge is 0.411 e. The molecule has 0 spiro atoms. The van der Waals surface area contributed by atoms with Gasteiger partial charge in [0.2, 0.25) is 11.8 Å². The zero-order valence-corrected chi connectivity index (χ0v) is 20.6. The number of carbonyl (C=O) groups excluding carboxylic acids is 3. The van der Waals surface area contributed by atoms with E-state index in [-0.39, 0.29) is 43.5 Å². The number of fused-ring (bicyclic) bond motifs is 1. The summed E-state index contributed by atoms with van der Waals surface area (Å²) in [5, 5.41) is 0. The quantitative estimate of drug-likeness (QED) is 0.567. The molecule has 0 bridgehead atoms. The van der Waals surface area contributed by atoms with Gasteiger partial charge in [-0.05, 0) is 49.9 Å². The van der Waals surface area contributed by atoms with Crippen LogP contribution in [0.3, 0.4) is 0 Å². The molecule has 3 amide bonds. The van der Waals surface area contributed by atoms with Gasteiger partial charge in [-0.15, -0.1) is 0 Å². The zero-order valence-electron chi connectivity index (χ0n) is 20.6. The van der Waals surface area contributed by atoms with Crippen LogP contribution in [0, 0.1) is 12.7 Å². The number of unbranched alkanes of at least 4 members (excludes halogenated alkanes) is 1. The third kappa shape index (κ3) is 5.67. The van der Waals surface area contributed by atoms with Crippen LogP contribution in [0.15, 0.2) is 48.5 Å². The number of nitrogens with zero attached hydrogens (tertiary/aromatic N) is 3. The van der Waals surface area contributed by atoms with Crippen molar-refractivity contribution in [2.24, 2.45) is 5.73 Å². The second kappa shape index (κ2) is 11.5. The van der Waals surface area contributed by atoms with E-state index in [9.17, 15) is 18.8 Å². The molecular weight excluding hydrogens is 463 g/mol. The number of ether oxygens (including phenoxy) is 1. The lowest BCUT2D eigenvalue weighted by Crippen LogP contribution is -2.71. The molecule has 2 fully saturated rings. The van der Waals surface area contributed by atoms with Gasteiger partial charge in [-0.1, -0.05) is 42.5 Å². The van der Waals surface area contributed by atoms with Crippen molar-refractivity contribution in [3.63, 3.8) is 0 Å². The summed E-state index contributed by atoms with van der Waals surface area (Å²) in [7, 11) is 0. The minimum Gasteiger partial charge on any atom is -0.444 e. The third-order valence-corrected chi connectivity index (χ3v) is 6.79. The highest BCUT2D eigenvalue weighted by molar-refractivity contribution is 5.90. The Hall–Kier alpha value is -3.46. The molecule has 2 aliphatic rings. The number of rotatable bonds is 8. The van der Waals surface area contributed by atoms with Gasteiger partial charge in [0.1, 0.15) is 24.6 Å². The molecule has 2 aromatic rings. The molecule has 9 heteroatoms. The molecule has 0 unspecified atom stereocenters. The predicted octanol–water partition coefficient (Wildman–Crippen LogP) is 3.17. The van der Waals surface area contributed by atoms with Gasteiger partial charge < -0.3 is 20.3 Å². The van der Waals surface area contributed by atoms with Gasteiger partial charge in [0.05, 0.1) is 6.54 Å². The summed E-state index contributed by atoms with van der Waals surface area (Å²) in [6.45, 7) is 2.81. The monoisotopic (exact) mass is 496 g/mol. The van der Waals surface area contributed by atoms with Gasteiger partial charge in [0.15, 0.2) is 0 Å². The van der Waals surface area contributed by atoms with E-state index in [0.29, 0.717) is 25.9 Å². The lowest BCUT2D eigenvalue weighted by molar-refractivity contribution is -0.169. The van der Waals surface area contributed by atoms with Gasteiger partial charge in [0.25, 0.3) is 0 Å². The molecule has 0 radical (unpaired) electrons. The zero-order chi connectivity index (χ0) is 25.7. The molecule has 2 N–H and O–H groups in total. The van der Waals surface area contributed by atoms with E-state index < -0.39 is 24.1 Å². The van der Waals surface area contributed by atoms with E-state index in [1.165, 1.54) is 11.0 Å². The Bertz CT molecular complexity index is 1100. The molecule has 0 saturated carbocycles. The summed E-state index contributed by atoms with van der Waals surface area (Å²) in [5.41, 5.74) is 7.68. The first-order chi connectivity index (χ1) is 17.4. The number of halogens is 1. The highest BCUT2D eigenvalue weighted by atomic mass is 19.1. The number of aryl methyl sites for hydroxylation is 1. The largest absolute Gasteiger partial charge is 0.444 e. The molecule has 2 aromatic carbocycles. The SMILES string of the molecule is Cc1ccc(COC(=O)N2CCC(=O)N3[C@@H]2CN(Cc2ccccc2)C(=O)[C@@H]3CCCCN)c(F)c1. The number of benzene rings is 2. The van der Waals surface area contributed by atoms with Crippen LogP contribution >= 0.6 is 0 Å². The van der Waals surface area contributed by atoms with Crippen LogP contribution in [0.5, 0.6) is 0 Å². The molecule has 4 rings (SSSR count). The normalized spacial score (nSPS) is 19.9. The predicted molar refractivity (Wildman–Crippen MR) is 132 cm³/mol. The van der Waals surface area contributed by atoms with Gasteiger partial charge >= 0.3 is 6.09 Å². The molecule has 192 valence electrons. The number of piperazine rings is 1. The van der Waals surface area contributed by atoms with Gasteiger partial charge in [-0.3, -0.25) is 14.5 Å². The van der Waals surface area contributed by atoms with Crippen molar-refractivity contribution in [2.45, 2.75) is 58.0 Å². The molecular formula is C27H33FN4O4. The topological polar surface area (TPSA) is 96.2 Å². The van der Waals surface area contributed by atoms with Crippen molar-refractivity contribution >= 4 is 17.9 Å². The van der Waals surface area contributed by atoms with Crippen LogP contribution in [-0.4, -0.2) is 64.4 Å². The maximum atomic E-state index is 14.3. The van der Waals surface area contributed by atoms with E-state index in [0.717, 1.165) is 17.5 Å². The summed E-state index contributed by atoms with van der Waals surface area (Å²) in [5.74, 6) is -0.716. The van der Waals surface area contributed by atoms with Crippen molar-refractivity contribution in [3.05, 3.63) is 71.0 Å². The van der Waals surface area contributed by atoms with Crippen LogP contribution in [0.1, 0.15) is 42.4 Å². The summed E-state index contributed by atoms with van der Waals surface area (Å²) >= 11 is 0. The summed E-state index contributed by atoms with van der Waals surface area (Å²) in [6.07, 6.45) is 0.728. The van der Waals surface area contributed by atoms with E-state index in [2.05, 4.69) is 0 Å². The van der Waals surface area contributed by atoms with Crippen molar-refractivity contribution in [1.82, 2.24) is 14.7 Å². The molecule has 36 heavy (non-hydrogen) atoms. The molecule has 0 aromatic heterocycles. The molecule has 0 aliphatic carbocycles. The van der Waals surface area contributed by atoms with E-state index in [1.807, 2.05) is 30.3 Å². The van der Waals surface area contributed by atoms with Crippen LogP contribution in [0.4, 0.5) is 9.18 Å². The maximum absolute atomic E-state index is 14.3. The summed E-state index contributed by atoms with van der Waals surface area (Å²) in [6, 6.07) is 13.7. The molecule has 2 atom stereocenters. The van der Waals surface area contributed by atoms with Crippen LogP contribution in [-0.2, 0) is 27.5 Å². The molecule has 2 heterocycles. The van der Waals surface area contributed by atoms with Gasteiger partial charge in [-0.2, -0.15) is 0 Å². The van der Waals surface area contributed by atoms with E-state index in [1.54, 1.807) is 28.9 Å². The number of hydrogen-bond donors (Lipinski definition) is 1. The number of hydrogen-bond acceptors (Lipinski definition) is 5. The molecule has 8 nitrogen and oxygen atoms in total. The molecule has 2 saturated heterocycles. The number of amides is 3. The minimum absolute atomic E-state index is 0.101. The van der Waals surface area contributed by atoms with Crippen LogP contribution in [0.25, 0.3) is 0 Å². The second-order valence-corrected chi connectivity index (χ2v) is 9.38. The Kier molecular flexibility index (Phi) is 8.20. The Labute approximate surface area is 210 Å². The highest BCUT2D eigenvalue weighted by Gasteiger charge is 2.48. The Morgan fingerprint density at radius 3 is 2.64 bits per heavy atom.